The van der Waals surface area contributed by atoms with Gasteiger partial charge in [-0.05, 0) is 29.6 Å². The van der Waals surface area contributed by atoms with Gasteiger partial charge in [-0.15, -0.1) is 11.3 Å². The Labute approximate surface area is 126 Å². The fourth-order valence-electron chi connectivity index (χ4n) is 2.17. The summed E-state index contributed by atoms with van der Waals surface area (Å²) in [7, 11) is 1.61. The smallest absolute Gasteiger partial charge is 0.259 e. The molecule has 0 spiro atoms. The highest BCUT2D eigenvalue weighted by molar-refractivity contribution is 7.17. The molecule has 0 radical (unpaired) electrons. The van der Waals surface area contributed by atoms with Gasteiger partial charge < -0.3 is 14.0 Å². The number of fused-ring (bicyclic) bond motifs is 1. The van der Waals surface area contributed by atoms with Crippen molar-refractivity contribution in [3.63, 3.8) is 0 Å². The predicted octanol–water partition coefficient (Wildman–Crippen LogP) is 3.15. The number of thiophene rings is 1. The van der Waals surface area contributed by atoms with Gasteiger partial charge in [-0.2, -0.15) is 0 Å². The Bertz CT molecular complexity index is 806. The largest absolute Gasteiger partial charge is 0.493 e. The summed E-state index contributed by atoms with van der Waals surface area (Å²) in [5.41, 5.74) is 0.0253. The van der Waals surface area contributed by atoms with Crippen LogP contribution in [0.2, 0.25) is 0 Å². The topological polar surface area (TPSA) is 40.5 Å². The van der Waals surface area contributed by atoms with Crippen molar-refractivity contribution in [3.8, 4) is 11.5 Å². The predicted molar refractivity (Wildman–Crippen MR) is 84.6 cm³/mol. The van der Waals surface area contributed by atoms with Crippen molar-refractivity contribution < 1.29 is 9.47 Å². The van der Waals surface area contributed by atoms with Gasteiger partial charge in [-0.1, -0.05) is 12.1 Å². The van der Waals surface area contributed by atoms with E-state index in [9.17, 15) is 4.79 Å². The molecule has 3 rings (SSSR count). The molecule has 0 atom stereocenters. The number of aromatic nitrogens is 1. The van der Waals surface area contributed by atoms with Crippen molar-refractivity contribution in [1.29, 1.82) is 0 Å². The third-order valence-corrected chi connectivity index (χ3v) is 4.13. The van der Waals surface area contributed by atoms with E-state index in [4.69, 9.17) is 9.47 Å². The van der Waals surface area contributed by atoms with Gasteiger partial charge in [0.15, 0.2) is 11.5 Å². The van der Waals surface area contributed by atoms with Gasteiger partial charge in [-0.3, -0.25) is 4.79 Å². The van der Waals surface area contributed by atoms with E-state index < -0.39 is 0 Å². The lowest BCUT2D eigenvalue weighted by atomic mass is 10.3. The standard InChI is InChI=1S/C16H15NO3S/c1-19-13-4-2-3-5-14(13)20-10-9-17-8-6-15-12(16(17)18)7-11-21-15/h2-8,11H,9-10H2,1H3. The monoisotopic (exact) mass is 301 g/mol. The van der Waals surface area contributed by atoms with Crippen molar-refractivity contribution in [1.82, 2.24) is 4.57 Å². The van der Waals surface area contributed by atoms with Crippen LogP contribution in [0.1, 0.15) is 0 Å². The van der Waals surface area contributed by atoms with Crippen molar-refractivity contribution in [2.75, 3.05) is 13.7 Å². The molecule has 0 saturated heterocycles. The molecule has 3 aromatic rings. The van der Waals surface area contributed by atoms with Gasteiger partial charge >= 0.3 is 0 Å². The van der Waals surface area contributed by atoms with E-state index in [1.54, 1.807) is 23.0 Å². The highest BCUT2D eigenvalue weighted by Crippen LogP contribution is 2.25. The maximum atomic E-state index is 12.2. The quantitative estimate of drug-likeness (QED) is 0.727. The molecular formula is C16H15NO3S. The van der Waals surface area contributed by atoms with Crippen LogP contribution in [-0.4, -0.2) is 18.3 Å². The molecule has 2 heterocycles. The molecule has 5 heteroatoms. The zero-order valence-corrected chi connectivity index (χ0v) is 12.4. The van der Waals surface area contributed by atoms with Crippen LogP contribution in [-0.2, 0) is 6.54 Å². The summed E-state index contributed by atoms with van der Waals surface area (Å²) in [5, 5.41) is 2.70. The van der Waals surface area contributed by atoms with Crippen LogP contribution < -0.4 is 15.0 Å². The van der Waals surface area contributed by atoms with Gasteiger partial charge in [0.25, 0.3) is 5.56 Å². The summed E-state index contributed by atoms with van der Waals surface area (Å²) < 4.78 is 13.6. The molecule has 21 heavy (non-hydrogen) atoms. The molecule has 1 aromatic carbocycles. The van der Waals surface area contributed by atoms with Crippen LogP contribution in [0.5, 0.6) is 11.5 Å². The van der Waals surface area contributed by atoms with Gasteiger partial charge in [0.1, 0.15) is 6.61 Å². The number of nitrogens with zero attached hydrogens (tertiary/aromatic N) is 1. The van der Waals surface area contributed by atoms with Gasteiger partial charge in [0, 0.05) is 10.9 Å². The average molecular weight is 301 g/mol. The highest BCUT2D eigenvalue weighted by atomic mass is 32.1. The van der Waals surface area contributed by atoms with Crippen molar-refractivity contribution in [2.45, 2.75) is 6.54 Å². The molecule has 2 aromatic heterocycles. The molecule has 0 N–H and O–H groups in total. The van der Waals surface area contributed by atoms with Gasteiger partial charge in [0.05, 0.1) is 19.0 Å². The van der Waals surface area contributed by atoms with E-state index in [2.05, 4.69) is 0 Å². The summed E-state index contributed by atoms with van der Waals surface area (Å²) in [6.45, 7) is 0.915. The van der Waals surface area contributed by atoms with Gasteiger partial charge in [-0.25, -0.2) is 0 Å². The third kappa shape index (κ3) is 2.78. The minimum Gasteiger partial charge on any atom is -0.493 e. The lowest BCUT2D eigenvalue weighted by molar-refractivity contribution is 0.278. The van der Waals surface area contributed by atoms with Crippen LogP contribution in [0.25, 0.3) is 10.1 Å². The van der Waals surface area contributed by atoms with Crippen LogP contribution in [0, 0.1) is 0 Å². The number of benzene rings is 1. The molecule has 0 bridgehead atoms. The van der Waals surface area contributed by atoms with Crippen LogP contribution >= 0.6 is 11.3 Å². The number of rotatable bonds is 5. The molecule has 4 nitrogen and oxygen atoms in total. The van der Waals surface area contributed by atoms with E-state index in [-0.39, 0.29) is 5.56 Å². The molecule has 0 fully saturated rings. The maximum absolute atomic E-state index is 12.2. The Morgan fingerprint density at radius 3 is 2.76 bits per heavy atom. The van der Waals surface area contributed by atoms with E-state index in [1.165, 1.54) is 0 Å². The summed E-state index contributed by atoms with van der Waals surface area (Å²) in [4.78, 5) is 12.2. The molecule has 0 aliphatic rings. The summed E-state index contributed by atoms with van der Waals surface area (Å²) in [6, 6.07) is 11.3. The number of methoxy groups -OCH3 is 1. The van der Waals surface area contributed by atoms with E-state index in [1.807, 2.05) is 48.0 Å². The first-order valence-corrected chi connectivity index (χ1v) is 7.50. The average Bonchev–Trinajstić information content (AvgIpc) is 2.99. The normalized spacial score (nSPS) is 10.7. The first-order chi connectivity index (χ1) is 10.3. The number of pyridine rings is 1. The van der Waals surface area contributed by atoms with Gasteiger partial charge in [0.2, 0.25) is 0 Å². The van der Waals surface area contributed by atoms with E-state index in [0.717, 1.165) is 10.1 Å². The Balaban J connectivity index is 1.72. The molecule has 0 aliphatic carbocycles. The maximum Gasteiger partial charge on any atom is 0.259 e. The van der Waals surface area contributed by atoms with Crippen molar-refractivity contribution >= 4 is 21.4 Å². The van der Waals surface area contributed by atoms with Crippen molar-refractivity contribution in [3.05, 3.63) is 58.3 Å². The van der Waals surface area contributed by atoms with Crippen molar-refractivity contribution in [2.24, 2.45) is 0 Å². The Morgan fingerprint density at radius 1 is 1.14 bits per heavy atom. The SMILES string of the molecule is COc1ccccc1OCCn1ccc2sccc2c1=O. The Morgan fingerprint density at radius 2 is 1.95 bits per heavy atom. The first kappa shape index (κ1) is 13.7. The summed E-state index contributed by atoms with van der Waals surface area (Å²) in [6.07, 6.45) is 1.81. The zero-order chi connectivity index (χ0) is 14.7. The zero-order valence-electron chi connectivity index (χ0n) is 11.6. The summed E-state index contributed by atoms with van der Waals surface area (Å²) >= 11 is 1.57. The molecule has 0 unspecified atom stereocenters. The minimum atomic E-state index is 0.0253. The first-order valence-electron chi connectivity index (χ1n) is 6.62. The third-order valence-electron chi connectivity index (χ3n) is 3.25. The van der Waals surface area contributed by atoms with E-state index in [0.29, 0.717) is 24.7 Å². The van der Waals surface area contributed by atoms with Crippen LogP contribution in [0.4, 0.5) is 0 Å². The molecular weight excluding hydrogens is 286 g/mol. The molecule has 108 valence electrons. The second-order valence-corrected chi connectivity index (χ2v) is 5.46. The fourth-order valence-corrected chi connectivity index (χ4v) is 2.95. The minimum absolute atomic E-state index is 0.0253. The molecule has 0 amide bonds. The number of ether oxygens (including phenoxy) is 2. The number of para-hydroxylation sites is 2. The molecule has 0 saturated carbocycles. The lowest BCUT2D eigenvalue weighted by Crippen LogP contribution is -2.22. The van der Waals surface area contributed by atoms with Crippen LogP contribution in [0.15, 0.2) is 52.8 Å². The van der Waals surface area contributed by atoms with Crippen LogP contribution in [0.3, 0.4) is 0 Å². The molecule has 0 aliphatic heterocycles. The second-order valence-electron chi connectivity index (χ2n) is 4.51. The Hall–Kier alpha value is -2.27. The summed E-state index contributed by atoms with van der Waals surface area (Å²) in [5.74, 6) is 1.38. The lowest BCUT2D eigenvalue weighted by Gasteiger charge is -2.11. The Kier molecular flexibility index (Phi) is 3.92. The van der Waals surface area contributed by atoms with E-state index >= 15 is 0 Å². The highest BCUT2D eigenvalue weighted by Gasteiger charge is 2.05. The second kappa shape index (κ2) is 6.01. The number of hydrogen-bond acceptors (Lipinski definition) is 4. The fraction of sp³-hybridized carbons (Fsp3) is 0.188. The number of hydrogen-bond donors (Lipinski definition) is 0.